The minimum atomic E-state index is -0.227. The van der Waals surface area contributed by atoms with Crippen molar-refractivity contribution >= 4 is 11.8 Å². The van der Waals surface area contributed by atoms with Gasteiger partial charge in [-0.25, -0.2) is 4.39 Å². The second-order valence-corrected chi connectivity index (χ2v) is 6.22. The lowest BCUT2D eigenvalue weighted by Gasteiger charge is -2.27. The van der Waals surface area contributed by atoms with E-state index < -0.39 is 0 Å². The molecule has 0 bridgehead atoms. The maximum Gasteiger partial charge on any atom is 0.169 e. The zero-order valence-corrected chi connectivity index (χ0v) is 12.4. The predicted molar refractivity (Wildman–Crippen MR) is 79.4 cm³/mol. The largest absolute Gasteiger partial charge is 0.494 e. The van der Waals surface area contributed by atoms with Crippen LogP contribution in [0.25, 0.3) is 0 Å². The van der Waals surface area contributed by atoms with Crippen LogP contribution in [0.15, 0.2) is 18.2 Å². The second kappa shape index (κ2) is 7.15. The maximum absolute atomic E-state index is 14.3. The standard InChI is InChI=1S/C15H22FNOS/c1-17-13(10-11-6-8-19-9-7-11)12-4-3-5-14(18-2)15(12)16/h3-5,11,13,17H,6-10H2,1-2H3. The molecule has 4 heteroatoms. The third-order valence-electron chi connectivity index (χ3n) is 3.85. The summed E-state index contributed by atoms with van der Waals surface area (Å²) in [6, 6.07) is 5.46. The van der Waals surface area contributed by atoms with Gasteiger partial charge in [-0.1, -0.05) is 12.1 Å². The molecular formula is C15H22FNOS. The Kier molecular flexibility index (Phi) is 5.52. The lowest BCUT2D eigenvalue weighted by Crippen LogP contribution is -2.23. The summed E-state index contributed by atoms with van der Waals surface area (Å²) in [5.74, 6) is 3.28. The molecule has 2 nitrogen and oxygen atoms in total. The smallest absolute Gasteiger partial charge is 0.169 e. The predicted octanol–water partition coefficient (Wildman–Crippen LogP) is 3.63. The number of hydrogen-bond donors (Lipinski definition) is 1. The number of nitrogens with one attached hydrogen (secondary N) is 1. The molecule has 1 saturated heterocycles. The topological polar surface area (TPSA) is 21.3 Å². The molecule has 0 radical (unpaired) electrons. The monoisotopic (exact) mass is 283 g/mol. The van der Waals surface area contributed by atoms with Gasteiger partial charge in [0.25, 0.3) is 0 Å². The molecule has 0 aliphatic carbocycles. The summed E-state index contributed by atoms with van der Waals surface area (Å²) in [7, 11) is 3.41. The maximum atomic E-state index is 14.3. The van der Waals surface area contributed by atoms with Crippen LogP contribution < -0.4 is 10.1 Å². The highest BCUT2D eigenvalue weighted by atomic mass is 32.2. The molecule has 1 aliphatic heterocycles. The summed E-state index contributed by atoms with van der Waals surface area (Å²) < 4.78 is 19.4. The Labute approximate surface area is 119 Å². The van der Waals surface area contributed by atoms with Gasteiger partial charge in [0.1, 0.15) is 0 Å². The molecule has 2 rings (SSSR count). The molecule has 1 atom stereocenters. The Bertz CT molecular complexity index is 407. The van der Waals surface area contributed by atoms with Gasteiger partial charge in [0, 0.05) is 11.6 Å². The molecule has 0 saturated carbocycles. The summed E-state index contributed by atoms with van der Waals surface area (Å²) in [5, 5.41) is 3.26. The minimum Gasteiger partial charge on any atom is -0.494 e. The van der Waals surface area contributed by atoms with E-state index in [9.17, 15) is 4.39 Å². The van der Waals surface area contributed by atoms with Gasteiger partial charge in [-0.2, -0.15) is 11.8 Å². The van der Waals surface area contributed by atoms with Crippen LogP contribution in [0.4, 0.5) is 4.39 Å². The van der Waals surface area contributed by atoms with Crippen LogP contribution in [-0.4, -0.2) is 25.7 Å². The van der Waals surface area contributed by atoms with E-state index in [1.807, 2.05) is 30.9 Å². The molecule has 0 spiro atoms. The highest BCUT2D eigenvalue weighted by molar-refractivity contribution is 7.99. The second-order valence-electron chi connectivity index (χ2n) is 5.00. The molecule has 1 fully saturated rings. The zero-order valence-electron chi connectivity index (χ0n) is 11.6. The van der Waals surface area contributed by atoms with E-state index in [-0.39, 0.29) is 11.9 Å². The first-order valence-electron chi connectivity index (χ1n) is 6.83. The number of halogens is 1. The van der Waals surface area contributed by atoms with Crippen molar-refractivity contribution in [3.63, 3.8) is 0 Å². The van der Waals surface area contributed by atoms with Crippen LogP contribution >= 0.6 is 11.8 Å². The van der Waals surface area contributed by atoms with Crippen LogP contribution in [0.2, 0.25) is 0 Å². The highest BCUT2D eigenvalue weighted by Gasteiger charge is 2.22. The fourth-order valence-corrected chi connectivity index (χ4v) is 3.87. The van der Waals surface area contributed by atoms with Crippen molar-refractivity contribution in [2.24, 2.45) is 5.92 Å². The number of benzene rings is 1. The first-order valence-corrected chi connectivity index (χ1v) is 7.99. The molecular weight excluding hydrogens is 261 g/mol. The van der Waals surface area contributed by atoms with Gasteiger partial charge in [0.2, 0.25) is 0 Å². The number of rotatable bonds is 5. The van der Waals surface area contributed by atoms with Gasteiger partial charge in [-0.15, -0.1) is 0 Å². The third-order valence-corrected chi connectivity index (χ3v) is 4.90. The van der Waals surface area contributed by atoms with E-state index in [2.05, 4.69) is 5.32 Å². The van der Waals surface area contributed by atoms with Gasteiger partial charge >= 0.3 is 0 Å². The average molecular weight is 283 g/mol. The fourth-order valence-electron chi connectivity index (χ4n) is 2.67. The molecule has 106 valence electrons. The zero-order chi connectivity index (χ0) is 13.7. The van der Waals surface area contributed by atoms with E-state index in [0.717, 1.165) is 12.0 Å². The summed E-state index contributed by atoms with van der Waals surface area (Å²) in [5.41, 5.74) is 0.722. The van der Waals surface area contributed by atoms with Crippen molar-refractivity contribution in [3.05, 3.63) is 29.6 Å². The summed E-state index contributed by atoms with van der Waals surface area (Å²) in [6.45, 7) is 0. The van der Waals surface area contributed by atoms with E-state index in [1.165, 1.54) is 31.5 Å². The molecule has 0 amide bonds. The van der Waals surface area contributed by atoms with Crippen molar-refractivity contribution in [1.82, 2.24) is 5.32 Å². The molecule has 19 heavy (non-hydrogen) atoms. The van der Waals surface area contributed by atoms with Crippen molar-refractivity contribution in [1.29, 1.82) is 0 Å². The third kappa shape index (κ3) is 3.63. The van der Waals surface area contributed by atoms with E-state index in [1.54, 1.807) is 6.07 Å². The van der Waals surface area contributed by atoms with E-state index >= 15 is 0 Å². The normalized spacial score (nSPS) is 18.3. The van der Waals surface area contributed by atoms with Gasteiger partial charge in [-0.05, 0) is 49.8 Å². The molecule has 1 heterocycles. The molecule has 1 aliphatic rings. The lowest BCUT2D eigenvalue weighted by atomic mass is 9.90. The number of thioether (sulfide) groups is 1. The highest BCUT2D eigenvalue weighted by Crippen LogP contribution is 2.33. The Hall–Kier alpha value is -0.740. The van der Waals surface area contributed by atoms with Gasteiger partial charge in [0.05, 0.1) is 7.11 Å². The number of methoxy groups -OCH3 is 1. The first-order chi connectivity index (χ1) is 9.26. The molecule has 1 aromatic carbocycles. The molecule has 0 aromatic heterocycles. The average Bonchev–Trinajstić information content (AvgIpc) is 2.46. The fraction of sp³-hybridized carbons (Fsp3) is 0.600. The molecule has 1 aromatic rings. The van der Waals surface area contributed by atoms with Crippen LogP contribution in [-0.2, 0) is 0 Å². The van der Waals surface area contributed by atoms with E-state index in [0.29, 0.717) is 11.7 Å². The summed E-state index contributed by atoms with van der Waals surface area (Å²) in [4.78, 5) is 0. The molecule has 1 N–H and O–H groups in total. The van der Waals surface area contributed by atoms with Crippen LogP contribution in [0.5, 0.6) is 5.75 Å². The van der Waals surface area contributed by atoms with Gasteiger partial charge < -0.3 is 10.1 Å². The quantitative estimate of drug-likeness (QED) is 0.891. The minimum absolute atomic E-state index is 0.0724. The van der Waals surface area contributed by atoms with Crippen LogP contribution in [0.3, 0.4) is 0 Å². The Morgan fingerprint density at radius 1 is 1.42 bits per heavy atom. The Morgan fingerprint density at radius 3 is 2.79 bits per heavy atom. The number of hydrogen-bond acceptors (Lipinski definition) is 3. The first kappa shape index (κ1) is 14.7. The summed E-state index contributed by atoms with van der Waals surface area (Å²) in [6.07, 6.45) is 3.49. The Morgan fingerprint density at radius 2 is 2.16 bits per heavy atom. The SMILES string of the molecule is CNC(CC1CCSCC1)c1cccc(OC)c1F. The van der Waals surface area contributed by atoms with Gasteiger partial charge in [-0.3, -0.25) is 0 Å². The van der Waals surface area contributed by atoms with E-state index in [4.69, 9.17) is 4.74 Å². The van der Waals surface area contributed by atoms with Gasteiger partial charge in [0.15, 0.2) is 11.6 Å². The Balaban J connectivity index is 2.12. The van der Waals surface area contributed by atoms with Crippen molar-refractivity contribution in [2.75, 3.05) is 25.7 Å². The molecule has 1 unspecified atom stereocenters. The van der Waals surface area contributed by atoms with Crippen molar-refractivity contribution in [3.8, 4) is 5.75 Å². The summed E-state index contributed by atoms with van der Waals surface area (Å²) >= 11 is 2.02. The van der Waals surface area contributed by atoms with Crippen molar-refractivity contribution in [2.45, 2.75) is 25.3 Å². The number of ether oxygens (including phenoxy) is 1. The van der Waals surface area contributed by atoms with Crippen molar-refractivity contribution < 1.29 is 9.13 Å². The van der Waals surface area contributed by atoms with Crippen LogP contribution in [0.1, 0.15) is 30.9 Å². The van der Waals surface area contributed by atoms with Crippen LogP contribution in [0, 0.1) is 11.7 Å². The lowest BCUT2D eigenvalue weighted by molar-refractivity contribution is 0.359.